The average Bonchev–Trinajstić information content (AvgIpc) is 3.01. The summed E-state index contributed by atoms with van der Waals surface area (Å²) in [6.07, 6.45) is 1.79. The number of thiazole rings is 1. The number of halogens is 2. The molecule has 112 valence electrons. The topological polar surface area (TPSA) is 102 Å². The Hall–Kier alpha value is -2.01. The second-order valence-electron chi connectivity index (χ2n) is 3.81. The second-order valence-corrected chi connectivity index (χ2v) is 6.20. The van der Waals surface area contributed by atoms with Gasteiger partial charge in [-0.3, -0.25) is 0 Å². The van der Waals surface area contributed by atoms with Crippen LogP contribution in [0.5, 0.6) is 0 Å². The minimum Gasteiger partial charge on any atom is -0.465 e. The highest BCUT2D eigenvalue weighted by Gasteiger charge is 2.12. The fourth-order valence-electron chi connectivity index (χ4n) is 1.44. The van der Waals surface area contributed by atoms with E-state index < -0.39 is 11.8 Å². The Bertz CT molecular complexity index is 737. The number of nitrogens with one attached hydrogen (secondary N) is 1. The highest BCUT2D eigenvalue weighted by atomic mass is 79.9. The van der Waals surface area contributed by atoms with Crippen LogP contribution in [0.3, 0.4) is 0 Å². The van der Waals surface area contributed by atoms with Crippen LogP contribution in [0.1, 0.15) is 0 Å². The third-order valence-electron chi connectivity index (χ3n) is 2.38. The summed E-state index contributed by atoms with van der Waals surface area (Å²) in [6, 6.07) is 0. The molecule has 0 fully saturated rings. The molecule has 0 saturated carbocycles. The molecule has 1 amide bonds. The van der Waals surface area contributed by atoms with E-state index in [4.69, 9.17) is 5.11 Å². The van der Waals surface area contributed by atoms with Crippen molar-refractivity contribution in [2.24, 2.45) is 0 Å². The molecule has 2 heterocycles. The predicted molar refractivity (Wildman–Crippen MR) is 76.4 cm³/mol. The Morgan fingerprint density at radius 2 is 2.38 bits per heavy atom. The Kier molecular flexibility index (Phi) is 4.85. The Morgan fingerprint density at radius 3 is 2.95 bits per heavy atom. The first-order chi connectivity index (χ1) is 10.0. The number of hydrogen-bond acceptors (Lipinski definition) is 5. The summed E-state index contributed by atoms with van der Waals surface area (Å²) in [5.41, 5.74) is -0.420. The van der Waals surface area contributed by atoms with E-state index in [1.54, 1.807) is 6.20 Å². The Morgan fingerprint density at radius 1 is 1.62 bits per heavy atom. The average molecular weight is 378 g/mol. The van der Waals surface area contributed by atoms with Gasteiger partial charge in [0, 0.05) is 6.54 Å². The lowest BCUT2D eigenvalue weighted by Gasteiger charge is -2.04. The molecule has 0 spiro atoms. The van der Waals surface area contributed by atoms with E-state index in [1.165, 1.54) is 22.2 Å². The number of carbonyl (C=O) groups is 1. The predicted octanol–water partition coefficient (Wildman–Crippen LogP) is 1.37. The van der Waals surface area contributed by atoms with Crippen molar-refractivity contribution < 1.29 is 14.3 Å². The van der Waals surface area contributed by atoms with Crippen LogP contribution in [0.25, 0.3) is 5.13 Å². The van der Waals surface area contributed by atoms with Crippen molar-refractivity contribution in [1.29, 1.82) is 0 Å². The fraction of sp³-hybridized carbons (Fsp3) is 0.200. The smallest absolute Gasteiger partial charge is 0.404 e. The van der Waals surface area contributed by atoms with Gasteiger partial charge in [-0.05, 0) is 21.5 Å². The zero-order valence-corrected chi connectivity index (χ0v) is 12.8. The van der Waals surface area contributed by atoms with E-state index in [9.17, 15) is 14.0 Å². The summed E-state index contributed by atoms with van der Waals surface area (Å²) in [5.74, 6) is 0. The maximum absolute atomic E-state index is 12.7. The van der Waals surface area contributed by atoms with Crippen LogP contribution in [0, 0.1) is 0 Å². The van der Waals surface area contributed by atoms with Crippen LogP contribution in [0.2, 0.25) is 0 Å². The van der Waals surface area contributed by atoms with Crippen molar-refractivity contribution >= 4 is 33.4 Å². The number of rotatable bonds is 5. The Labute approximate surface area is 129 Å². The lowest BCUT2D eigenvalue weighted by Crippen LogP contribution is -2.29. The third-order valence-corrected chi connectivity index (χ3v) is 3.85. The molecule has 0 atom stereocenters. The number of nitrogens with zero attached hydrogens (tertiary/aromatic N) is 4. The first-order valence-electron chi connectivity index (χ1n) is 5.52. The molecular weight excluding hydrogens is 369 g/mol. The maximum atomic E-state index is 12.7. The minimum atomic E-state index is -1.28. The number of carboxylic acid groups (broad SMARTS) is 1. The lowest BCUT2D eigenvalue weighted by molar-refractivity contribution is 0.195. The van der Waals surface area contributed by atoms with Crippen LogP contribution in [-0.2, 0) is 6.54 Å². The van der Waals surface area contributed by atoms with Gasteiger partial charge in [0.05, 0.1) is 22.9 Å². The van der Waals surface area contributed by atoms with E-state index in [-0.39, 0.29) is 25.0 Å². The molecule has 2 rings (SSSR count). The molecule has 2 N–H and O–H groups in total. The number of hydrogen-bond donors (Lipinski definition) is 2. The van der Waals surface area contributed by atoms with Gasteiger partial charge in [-0.2, -0.15) is 5.10 Å². The highest BCUT2D eigenvalue weighted by Crippen LogP contribution is 2.20. The van der Waals surface area contributed by atoms with E-state index in [1.807, 2.05) is 5.32 Å². The van der Waals surface area contributed by atoms with Gasteiger partial charge in [0.25, 0.3) is 0 Å². The van der Waals surface area contributed by atoms with Gasteiger partial charge < -0.3 is 10.4 Å². The van der Waals surface area contributed by atoms with Gasteiger partial charge in [0.15, 0.2) is 5.13 Å². The van der Waals surface area contributed by atoms with Crippen LogP contribution in [0.15, 0.2) is 33.0 Å². The zero-order chi connectivity index (χ0) is 15.4. The molecule has 21 heavy (non-hydrogen) atoms. The highest BCUT2D eigenvalue weighted by molar-refractivity contribution is 9.11. The molecule has 0 radical (unpaired) electrons. The van der Waals surface area contributed by atoms with Crippen LogP contribution < -0.4 is 11.0 Å². The fourth-order valence-corrected chi connectivity index (χ4v) is 2.59. The number of amides is 1. The van der Waals surface area contributed by atoms with Crippen molar-refractivity contribution in [1.82, 2.24) is 24.6 Å². The molecular formula is C10H9BrFN5O3S. The largest absolute Gasteiger partial charge is 0.465 e. The molecule has 0 aromatic carbocycles. The second kappa shape index (κ2) is 6.63. The van der Waals surface area contributed by atoms with Gasteiger partial charge in [-0.15, -0.1) is 0 Å². The summed E-state index contributed by atoms with van der Waals surface area (Å²) in [4.78, 5) is 26.5. The lowest BCUT2D eigenvalue weighted by atomic mass is 10.3. The van der Waals surface area contributed by atoms with Crippen LogP contribution >= 0.6 is 27.3 Å². The first-order valence-corrected chi connectivity index (χ1v) is 7.13. The van der Waals surface area contributed by atoms with Gasteiger partial charge in [-0.1, -0.05) is 11.3 Å². The Balaban J connectivity index is 2.17. The van der Waals surface area contributed by atoms with Crippen molar-refractivity contribution in [2.45, 2.75) is 6.54 Å². The molecule has 0 bridgehead atoms. The van der Waals surface area contributed by atoms with Crippen LogP contribution in [0.4, 0.5) is 9.18 Å². The maximum Gasteiger partial charge on any atom is 0.404 e. The molecule has 0 aliphatic carbocycles. The van der Waals surface area contributed by atoms with E-state index in [0.29, 0.717) is 5.13 Å². The van der Waals surface area contributed by atoms with Gasteiger partial charge >= 0.3 is 11.8 Å². The summed E-state index contributed by atoms with van der Waals surface area (Å²) in [5, 5.41) is 14.8. The summed E-state index contributed by atoms with van der Waals surface area (Å²) < 4.78 is 15.7. The molecule has 0 unspecified atom stereocenters. The zero-order valence-electron chi connectivity index (χ0n) is 10.4. The van der Waals surface area contributed by atoms with Gasteiger partial charge in [-0.25, -0.2) is 28.2 Å². The summed E-state index contributed by atoms with van der Waals surface area (Å²) in [6.45, 7) is -0.386. The van der Waals surface area contributed by atoms with Gasteiger partial charge in [0.2, 0.25) is 0 Å². The van der Waals surface area contributed by atoms with Gasteiger partial charge in [0.1, 0.15) is 6.33 Å². The quantitative estimate of drug-likeness (QED) is 0.819. The third kappa shape index (κ3) is 3.76. The minimum absolute atomic E-state index is 0.0741. The molecule has 2 aromatic rings. The van der Waals surface area contributed by atoms with Crippen molar-refractivity contribution in [2.75, 3.05) is 6.54 Å². The summed E-state index contributed by atoms with van der Waals surface area (Å²) in [7, 11) is 0. The molecule has 0 aliphatic heterocycles. The number of aromatic nitrogens is 4. The van der Waals surface area contributed by atoms with Crippen molar-refractivity contribution in [3.8, 4) is 5.13 Å². The van der Waals surface area contributed by atoms with Crippen LogP contribution in [-0.4, -0.2) is 37.1 Å². The first kappa shape index (κ1) is 15.4. The van der Waals surface area contributed by atoms with Crippen molar-refractivity contribution in [3.63, 3.8) is 0 Å². The normalized spacial score (nSPS) is 11.6. The molecule has 0 aliphatic rings. The van der Waals surface area contributed by atoms with Crippen molar-refractivity contribution in [3.05, 3.63) is 38.7 Å². The van der Waals surface area contributed by atoms with E-state index in [0.717, 1.165) is 8.47 Å². The molecule has 8 nitrogen and oxygen atoms in total. The molecule has 11 heteroatoms. The summed E-state index contributed by atoms with van der Waals surface area (Å²) >= 11 is 4.48. The standard InChI is InChI=1S/C10H9BrFN5O3S/c11-7-3-13-8(21-7)16-5-15-17(10(16)20)4-6(1-12)2-14-9(18)19/h1,3,5,14H,2,4H2,(H,18,19). The SMILES string of the molecule is O=C(O)NCC(=CF)Cn1ncn(-c2ncc(Br)s2)c1=O. The van der Waals surface area contributed by atoms with E-state index >= 15 is 0 Å². The van der Waals surface area contributed by atoms with E-state index in [2.05, 4.69) is 26.0 Å². The molecule has 0 saturated heterocycles. The monoisotopic (exact) mass is 377 g/mol. The molecule has 2 aromatic heterocycles.